The Labute approximate surface area is 117 Å². The van der Waals surface area contributed by atoms with Crippen molar-refractivity contribution in [3.63, 3.8) is 0 Å². The number of hydrogen-bond acceptors (Lipinski definition) is 4. The number of carbonyl (C=O) groups is 3. The highest BCUT2D eigenvalue weighted by molar-refractivity contribution is 5.80. The van der Waals surface area contributed by atoms with Crippen LogP contribution in [0, 0.1) is 11.3 Å². The van der Waals surface area contributed by atoms with E-state index in [1.165, 1.54) is 7.11 Å². The summed E-state index contributed by atoms with van der Waals surface area (Å²) in [7, 11) is 1.36. The summed E-state index contributed by atoms with van der Waals surface area (Å²) < 4.78 is 4.69. The lowest BCUT2D eigenvalue weighted by Crippen LogP contribution is -2.47. The summed E-state index contributed by atoms with van der Waals surface area (Å²) in [6.45, 7) is 1.16. The van der Waals surface area contributed by atoms with Gasteiger partial charge >= 0.3 is 18.0 Å². The van der Waals surface area contributed by atoms with E-state index >= 15 is 0 Å². The van der Waals surface area contributed by atoms with Crippen LogP contribution in [-0.2, 0) is 14.3 Å². The summed E-state index contributed by atoms with van der Waals surface area (Å²) in [5.74, 6) is -1.21. The van der Waals surface area contributed by atoms with Gasteiger partial charge in [0.1, 0.15) is 0 Å². The van der Waals surface area contributed by atoms with Crippen LogP contribution in [0.5, 0.6) is 0 Å². The number of likely N-dealkylation sites (tertiary alicyclic amines) is 1. The van der Waals surface area contributed by atoms with Gasteiger partial charge in [0, 0.05) is 19.6 Å². The third-order valence-corrected chi connectivity index (χ3v) is 4.20. The molecule has 7 nitrogen and oxygen atoms in total. The Morgan fingerprint density at radius 2 is 1.90 bits per heavy atom. The smallest absolute Gasteiger partial charge is 0.317 e. The molecule has 2 aliphatic rings. The van der Waals surface area contributed by atoms with Crippen molar-refractivity contribution in [2.45, 2.75) is 25.7 Å². The number of carboxylic acids is 1. The summed E-state index contributed by atoms with van der Waals surface area (Å²) in [4.78, 5) is 36.0. The van der Waals surface area contributed by atoms with Gasteiger partial charge in [-0.25, -0.2) is 4.79 Å². The molecule has 2 rings (SSSR count). The molecule has 1 saturated carbocycles. The number of rotatable bonds is 4. The minimum absolute atomic E-state index is 0.141. The number of methoxy groups -OCH3 is 1. The molecule has 0 bridgehead atoms. The molecule has 7 heteroatoms. The first-order valence-electron chi connectivity index (χ1n) is 6.82. The fourth-order valence-electron chi connectivity index (χ4n) is 2.46. The van der Waals surface area contributed by atoms with Crippen LogP contribution < -0.4 is 5.32 Å². The third-order valence-electron chi connectivity index (χ3n) is 4.20. The summed E-state index contributed by atoms with van der Waals surface area (Å²) in [5.41, 5.74) is -0.750. The Morgan fingerprint density at radius 3 is 2.35 bits per heavy atom. The Bertz CT molecular complexity index is 411. The number of piperidine rings is 1. The lowest BCUT2D eigenvalue weighted by atomic mass is 9.97. The molecular weight excluding hydrogens is 264 g/mol. The van der Waals surface area contributed by atoms with Crippen molar-refractivity contribution in [1.82, 2.24) is 10.2 Å². The number of carboxylic acid groups (broad SMARTS) is 1. The number of hydrogen-bond donors (Lipinski definition) is 2. The lowest BCUT2D eigenvalue weighted by molar-refractivity contribution is -0.147. The van der Waals surface area contributed by atoms with Gasteiger partial charge in [-0.2, -0.15) is 0 Å². The van der Waals surface area contributed by atoms with Gasteiger partial charge in [-0.05, 0) is 25.7 Å². The molecule has 0 unspecified atom stereocenters. The minimum Gasteiger partial charge on any atom is -0.481 e. The Hall–Kier alpha value is -1.79. The molecule has 0 aromatic heterocycles. The normalized spacial score (nSPS) is 21.1. The van der Waals surface area contributed by atoms with Gasteiger partial charge < -0.3 is 20.1 Å². The second-order valence-electron chi connectivity index (χ2n) is 5.53. The molecular formula is C13H20N2O5. The fraction of sp³-hybridized carbons (Fsp3) is 0.769. The number of aliphatic carboxylic acids is 1. The maximum atomic E-state index is 11.9. The molecule has 2 N–H and O–H groups in total. The zero-order chi connectivity index (χ0) is 14.8. The molecule has 2 fully saturated rings. The number of amides is 2. The van der Waals surface area contributed by atoms with Crippen LogP contribution >= 0.6 is 0 Å². The molecule has 1 saturated heterocycles. The quantitative estimate of drug-likeness (QED) is 0.731. The van der Waals surface area contributed by atoms with Gasteiger partial charge in [0.05, 0.1) is 18.4 Å². The molecule has 0 aromatic carbocycles. The van der Waals surface area contributed by atoms with Crippen LogP contribution in [0.25, 0.3) is 0 Å². The van der Waals surface area contributed by atoms with E-state index in [0.717, 1.165) is 0 Å². The molecule has 20 heavy (non-hydrogen) atoms. The minimum atomic E-state index is -0.845. The molecule has 0 radical (unpaired) electrons. The van der Waals surface area contributed by atoms with E-state index in [1.54, 1.807) is 4.90 Å². The largest absolute Gasteiger partial charge is 0.481 e. The molecule has 0 spiro atoms. The van der Waals surface area contributed by atoms with Gasteiger partial charge in [0.2, 0.25) is 0 Å². The van der Waals surface area contributed by atoms with E-state index in [-0.39, 0.29) is 24.5 Å². The molecule has 1 aliphatic carbocycles. The highest BCUT2D eigenvalue weighted by Crippen LogP contribution is 2.45. The first-order chi connectivity index (χ1) is 9.48. The number of esters is 1. The average molecular weight is 284 g/mol. The Kier molecular flexibility index (Phi) is 4.15. The van der Waals surface area contributed by atoms with Crippen molar-refractivity contribution in [3.8, 4) is 0 Å². The van der Waals surface area contributed by atoms with E-state index in [2.05, 4.69) is 10.1 Å². The van der Waals surface area contributed by atoms with Crippen LogP contribution in [0.3, 0.4) is 0 Å². The van der Waals surface area contributed by atoms with Crippen LogP contribution in [0.1, 0.15) is 25.7 Å². The lowest BCUT2D eigenvalue weighted by Gasteiger charge is -2.31. The Balaban J connectivity index is 1.75. The number of ether oxygens (including phenoxy) is 1. The maximum absolute atomic E-state index is 11.9. The number of urea groups is 1. The summed E-state index contributed by atoms with van der Waals surface area (Å²) in [5, 5.41) is 11.7. The second kappa shape index (κ2) is 5.68. The van der Waals surface area contributed by atoms with E-state index in [1.807, 2.05) is 0 Å². The average Bonchev–Trinajstić information content (AvgIpc) is 3.25. The Morgan fingerprint density at radius 1 is 1.30 bits per heavy atom. The van der Waals surface area contributed by atoms with Crippen molar-refractivity contribution < 1.29 is 24.2 Å². The van der Waals surface area contributed by atoms with Crippen LogP contribution in [0.2, 0.25) is 0 Å². The molecule has 2 amide bonds. The summed E-state index contributed by atoms with van der Waals surface area (Å²) in [6.07, 6.45) is 2.41. The zero-order valence-corrected chi connectivity index (χ0v) is 11.6. The van der Waals surface area contributed by atoms with Gasteiger partial charge in [-0.3, -0.25) is 9.59 Å². The zero-order valence-electron chi connectivity index (χ0n) is 11.6. The first kappa shape index (κ1) is 14.6. The molecule has 1 heterocycles. The van der Waals surface area contributed by atoms with Gasteiger partial charge in [-0.1, -0.05) is 0 Å². The predicted octanol–water partition coefficient (Wildman–Crippen LogP) is 0.446. The van der Waals surface area contributed by atoms with Gasteiger partial charge in [-0.15, -0.1) is 0 Å². The predicted molar refractivity (Wildman–Crippen MR) is 69.0 cm³/mol. The van der Waals surface area contributed by atoms with Crippen molar-refractivity contribution in [1.29, 1.82) is 0 Å². The third kappa shape index (κ3) is 3.02. The van der Waals surface area contributed by atoms with E-state index in [9.17, 15) is 14.4 Å². The fourth-order valence-corrected chi connectivity index (χ4v) is 2.46. The SMILES string of the molecule is COC(=O)C1CCN(C(=O)NCC2(C(=O)O)CC2)CC1. The van der Waals surface area contributed by atoms with Gasteiger partial charge in [0.15, 0.2) is 0 Å². The standard InChI is InChI=1S/C13H20N2O5/c1-20-10(16)9-2-6-15(7-3-9)12(19)14-8-13(4-5-13)11(17)18/h9H,2-8H2,1H3,(H,14,19)(H,17,18). The van der Waals surface area contributed by atoms with Crippen molar-refractivity contribution in [2.75, 3.05) is 26.7 Å². The maximum Gasteiger partial charge on any atom is 0.317 e. The topological polar surface area (TPSA) is 95.9 Å². The second-order valence-corrected chi connectivity index (χ2v) is 5.53. The number of nitrogens with one attached hydrogen (secondary N) is 1. The number of carbonyl (C=O) groups excluding carboxylic acids is 2. The van der Waals surface area contributed by atoms with E-state index in [4.69, 9.17) is 5.11 Å². The summed E-state index contributed by atoms with van der Waals surface area (Å²) >= 11 is 0. The van der Waals surface area contributed by atoms with Crippen LogP contribution in [-0.4, -0.2) is 54.7 Å². The highest BCUT2D eigenvalue weighted by Gasteiger charge is 2.50. The summed E-state index contributed by atoms with van der Waals surface area (Å²) in [6, 6.07) is -0.249. The van der Waals surface area contributed by atoms with E-state index < -0.39 is 11.4 Å². The molecule has 0 atom stereocenters. The van der Waals surface area contributed by atoms with Crippen LogP contribution in [0.4, 0.5) is 4.79 Å². The first-order valence-corrected chi connectivity index (χ1v) is 6.82. The highest BCUT2D eigenvalue weighted by atomic mass is 16.5. The molecule has 0 aromatic rings. The van der Waals surface area contributed by atoms with E-state index in [0.29, 0.717) is 38.8 Å². The molecule has 1 aliphatic heterocycles. The van der Waals surface area contributed by atoms with Gasteiger partial charge in [0.25, 0.3) is 0 Å². The molecule has 112 valence electrons. The van der Waals surface area contributed by atoms with Crippen LogP contribution in [0.15, 0.2) is 0 Å². The van der Waals surface area contributed by atoms with Crippen molar-refractivity contribution in [2.24, 2.45) is 11.3 Å². The monoisotopic (exact) mass is 284 g/mol. The van der Waals surface area contributed by atoms with Crippen molar-refractivity contribution in [3.05, 3.63) is 0 Å². The number of nitrogens with zero attached hydrogens (tertiary/aromatic N) is 1. The van der Waals surface area contributed by atoms with Crippen molar-refractivity contribution >= 4 is 18.0 Å².